The van der Waals surface area contributed by atoms with Crippen LogP contribution in [0.3, 0.4) is 0 Å². The molecule has 0 spiro atoms. The number of hydrogen-bond acceptors (Lipinski definition) is 3. The van der Waals surface area contributed by atoms with E-state index in [2.05, 4.69) is 12.1 Å². The number of allylic oxidation sites excluding steroid dienone is 5. The van der Waals surface area contributed by atoms with Crippen LogP contribution in [0.1, 0.15) is 50.5 Å². The van der Waals surface area contributed by atoms with Gasteiger partial charge in [0.15, 0.2) is 5.78 Å². The summed E-state index contributed by atoms with van der Waals surface area (Å²) in [6.45, 7) is 0. The quantitative estimate of drug-likeness (QED) is 0.448. The van der Waals surface area contributed by atoms with Crippen molar-refractivity contribution in [2.75, 3.05) is 0 Å². The predicted octanol–water partition coefficient (Wildman–Crippen LogP) is 4.40. The smallest absolute Gasteiger partial charge is 0.303 e. The zero-order chi connectivity index (χ0) is 19.5. The Balaban J connectivity index is 1.83. The highest BCUT2D eigenvalue weighted by molar-refractivity contribution is 5.99. The van der Waals surface area contributed by atoms with Crippen molar-refractivity contribution in [1.29, 1.82) is 0 Å². The molecule has 1 aliphatic rings. The molecule has 1 aromatic rings. The number of carboxylic acid groups (broad SMARTS) is 1. The third kappa shape index (κ3) is 7.75. The van der Waals surface area contributed by atoms with Gasteiger partial charge in [0, 0.05) is 18.4 Å². The second kappa shape index (κ2) is 11.3. The normalized spacial score (nSPS) is 16.0. The summed E-state index contributed by atoms with van der Waals surface area (Å²) in [7, 11) is 0. The number of ketones is 1. The number of hydrogen-bond donors (Lipinski definition) is 2. The monoisotopic (exact) mass is 368 g/mol. The molecule has 1 aromatic carbocycles. The minimum atomic E-state index is -0.782. The van der Waals surface area contributed by atoms with E-state index in [4.69, 9.17) is 5.11 Å². The van der Waals surface area contributed by atoms with Gasteiger partial charge >= 0.3 is 5.97 Å². The number of aliphatic carboxylic acids is 1. The molecule has 1 aliphatic carbocycles. The van der Waals surface area contributed by atoms with Gasteiger partial charge < -0.3 is 10.2 Å². The van der Waals surface area contributed by atoms with Gasteiger partial charge in [0.2, 0.25) is 0 Å². The third-order valence-corrected chi connectivity index (χ3v) is 4.69. The van der Waals surface area contributed by atoms with Crippen molar-refractivity contribution < 1.29 is 19.8 Å². The second-order valence-corrected chi connectivity index (χ2v) is 6.84. The van der Waals surface area contributed by atoms with Crippen LogP contribution in [0.5, 0.6) is 0 Å². The van der Waals surface area contributed by atoms with E-state index in [0.717, 1.165) is 24.0 Å². The molecule has 0 bridgehead atoms. The standard InChI is InChI=1S/C23H28O4/c24-20(15-12-18-8-4-3-5-9-18)16-13-19-14-17-22(25)21(19)10-6-1-2-7-11-23(26)27/h1,3-6,8-9,13,16,20,24H,2,7,10-12,14-15,17H2,(H,26,27)/t20-/m0/s1. The van der Waals surface area contributed by atoms with Crippen LogP contribution < -0.4 is 0 Å². The maximum Gasteiger partial charge on any atom is 0.303 e. The van der Waals surface area contributed by atoms with Crippen molar-refractivity contribution >= 4 is 11.8 Å². The Morgan fingerprint density at radius 1 is 1.15 bits per heavy atom. The zero-order valence-corrected chi connectivity index (χ0v) is 15.6. The molecule has 0 amide bonds. The van der Waals surface area contributed by atoms with Crippen LogP contribution in [0.2, 0.25) is 0 Å². The molecule has 2 rings (SSSR count). The highest BCUT2D eigenvalue weighted by Crippen LogP contribution is 2.27. The van der Waals surface area contributed by atoms with Crippen molar-refractivity contribution in [3.63, 3.8) is 0 Å². The molecule has 0 radical (unpaired) electrons. The van der Waals surface area contributed by atoms with Crippen molar-refractivity contribution in [1.82, 2.24) is 0 Å². The molecule has 0 fully saturated rings. The minimum Gasteiger partial charge on any atom is -0.481 e. The van der Waals surface area contributed by atoms with Crippen LogP contribution in [-0.4, -0.2) is 28.1 Å². The number of carboxylic acids is 1. The van der Waals surface area contributed by atoms with Crippen molar-refractivity contribution in [3.8, 4) is 0 Å². The number of aliphatic hydroxyl groups is 1. The molecule has 4 heteroatoms. The lowest BCUT2D eigenvalue weighted by Gasteiger charge is -2.06. The van der Waals surface area contributed by atoms with Gasteiger partial charge in [-0.25, -0.2) is 0 Å². The molecule has 27 heavy (non-hydrogen) atoms. The minimum absolute atomic E-state index is 0.167. The number of rotatable bonds is 11. The van der Waals surface area contributed by atoms with Crippen LogP contribution in [0.15, 0.2) is 65.8 Å². The number of carbonyl (C=O) groups excluding carboxylic acids is 1. The SMILES string of the molecule is O=C(O)CCCC=CCC1=C(C=C[C@@H](O)CCc2ccccc2)CCC1=O. The Labute approximate surface area is 160 Å². The molecule has 0 saturated carbocycles. The maximum absolute atomic E-state index is 12.1. The predicted molar refractivity (Wildman–Crippen MR) is 106 cm³/mol. The fourth-order valence-corrected chi connectivity index (χ4v) is 3.13. The van der Waals surface area contributed by atoms with Gasteiger partial charge in [0.05, 0.1) is 6.10 Å². The zero-order valence-electron chi connectivity index (χ0n) is 15.6. The fourth-order valence-electron chi connectivity index (χ4n) is 3.13. The van der Waals surface area contributed by atoms with E-state index in [9.17, 15) is 14.7 Å². The first-order valence-corrected chi connectivity index (χ1v) is 9.58. The average molecular weight is 368 g/mol. The summed E-state index contributed by atoms with van der Waals surface area (Å²) in [5, 5.41) is 18.8. The molecule has 0 saturated heterocycles. The molecule has 144 valence electrons. The molecule has 0 aliphatic heterocycles. The van der Waals surface area contributed by atoms with Crippen LogP contribution in [0.25, 0.3) is 0 Å². The number of benzene rings is 1. The number of Topliss-reactive ketones (excluding diaryl/α,β-unsaturated/α-hetero) is 1. The highest BCUT2D eigenvalue weighted by atomic mass is 16.4. The van der Waals surface area contributed by atoms with E-state index in [1.807, 2.05) is 36.4 Å². The Bertz CT molecular complexity index is 713. The van der Waals surface area contributed by atoms with Crippen LogP contribution in [0, 0.1) is 0 Å². The van der Waals surface area contributed by atoms with Gasteiger partial charge in [0.1, 0.15) is 0 Å². The maximum atomic E-state index is 12.1. The first-order chi connectivity index (χ1) is 13.1. The van der Waals surface area contributed by atoms with Crippen molar-refractivity contribution in [3.05, 3.63) is 71.3 Å². The van der Waals surface area contributed by atoms with E-state index in [0.29, 0.717) is 32.1 Å². The summed E-state index contributed by atoms with van der Waals surface area (Å²) in [4.78, 5) is 22.6. The summed E-state index contributed by atoms with van der Waals surface area (Å²) in [6, 6.07) is 10.1. The topological polar surface area (TPSA) is 74.6 Å². The number of carbonyl (C=O) groups is 2. The molecule has 4 nitrogen and oxygen atoms in total. The van der Waals surface area contributed by atoms with Gasteiger partial charge in [-0.05, 0) is 49.7 Å². The summed E-state index contributed by atoms with van der Waals surface area (Å²) < 4.78 is 0. The van der Waals surface area contributed by atoms with Crippen LogP contribution in [0.4, 0.5) is 0 Å². The van der Waals surface area contributed by atoms with Crippen molar-refractivity contribution in [2.45, 2.75) is 57.5 Å². The van der Waals surface area contributed by atoms with Crippen molar-refractivity contribution in [2.24, 2.45) is 0 Å². The first kappa shape index (κ1) is 20.8. The third-order valence-electron chi connectivity index (χ3n) is 4.69. The van der Waals surface area contributed by atoms with Gasteiger partial charge in [-0.2, -0.15) is 0 Å². The summed E-state index contributed by atoms with van der Waals surface area (Å²) in [5.41, 5.74) is 3.03. The van der Waals surface area contributed by atoms with Gasteiger partial charge in [0.25, 0.3) is 0 Å². The van der Waals surface area contributed by atoms with Crippen LogP contribution >= 0.6 is 0 Å². The molecular weight excluding hydrogens is 340 g/mol. The Kier molecular flexibility index (Phi) is 8.72. The van der Waals surface area contributed by atoms with E-state index in [-0.39, 0.29) is 12.2 Å². The van der Waals surface area contributed by atoms with Gasteiger partial charge in [-0.15, -0.1) is 0 Å². The number of aliphatic hydroxyl groups excluding tert-OH is 1. The van der Waals surface area contributed by atoms with Gasteiger partial charge in [-0.1, -0.05) is 54.6 Å². The summed E-state index contributed by atoms with van der Waals surface area (Å²) in [6.07, 6.45) is 11.8. The fraction of sp³-hybridized carbons (Fsp3) is 0.391. The second-order valence-electron chi connectivity index (χ2n) is 6.84. The molecule has 2 N–H and O–H groups in total. The Morgan fingerprint density at radius 3 is 2.67 bits per heavy atom. The summed E-state index contributed by atoms with van der Waals surface area (Å²) in [5.74, 6) is -0.612. The van der Waals surface area contributed by atoms with Crippen LogP contribution in [-0.2, 0) is 16.0 Å². The van der Waals surface area contributed by atoms with E-state index in [1.165, 1.54) is 5.56 Å². The van der Waals surface area contributed by atoms with E-state index in [1.54, 1.807) is 6.08 Å². The Morgan fingerprint density at radius 2 is 1.93 bits per heavy atom. The van der Waals surface area contributed by atoms with Gasteiger partial charge in [-0.3, -0.25) is 9.59 Å². The largest absolute Gasteiger partial charge is 0.481 e. The van der Waals surface area contributed by atoms with E-state index >= 15 is 0 Å². The molecule has 1 atom stereocenters. The lowest BCUT2D eigenvalue weighted by molar-refractivity contribution is -0.137. The number of unbranched alkanes of at least 4 members (excludes halogenated alkanes) is 1. The molecule has 0 aromatic heterocycles. The first-order valence-electron chi connectivity index (χ1n) is 9.58. The van der Waals surface area contributed by atoms with E-state index < -0.39 is 12.1 Å². The molecule has 0 heterocycles. The lowest BCUT2D eigenvalue weighted by Crippen LogP contribution is -2.04. The molecular formula is C23H28O4. The molecule has 0 unspecified atom stereocenters. The lowest BCUT2D eigenvalue weighted by atomic mass is 10.0. The Hall–Kier alpha value is -2.46. The number of aryl methyl sites for hydroxylation is 1. The summed E-state index contributed by atoms with van der Waals surface area (Å²) >= 11 is 0. The highest BCUT2D eigenvalue weighted by Gasteiger charge is 2.20. The average Bonchev–Trinajstić information content (AvgIpc) is 3.01.